The predicted molar refractivity (Wildman–Crippen MR) is 89.6 cm³/mol. The summed E-state index contributed by atoms with van der Waals surface area (Å²) >= 11 is 0. The molecule has 0 aliphatic rings. The van der Waals surface area contributed by atoms with Gasteiger partial charge in [-0.05, 0) is 55.0 Å². The maximum absolute atomic E-state index is 12.1. The van der Waals surface area contributed by atoms with Gasteiger partial charge >= 0.3 is 0 Å². The first-order chi connectivity index (χ1) is 11.0. The molecule has 6 nitrogen and oxygen atoms in total. The summed E-state index contributed by atoms with van der Waals surface area (Å²) < 4.78 is 0. The Morgan fingerprint density at radius 3 is 2.57 bits per heavy atom. The number of aromatic hydroxyl groups is 1. The second-order valence-corrected chi connectivity index (χ2v) is 4.89. The van der Waals surface area contributed by atoms with Crippen molar-refractivity contribution in [1.82, 2.24) is 0 Å². The molecule has 0 bridgehead atoms. The van der Waals surface area contributed by atoms with Crippen LogP contribution in [0, 0.1) is 18.3 Å². The Morgan fingerprint density at radius 2 is 1.96 bits per heavy atom. The molecule has 23 heavy (non-hydrogen) atoms. The van der Waals surface area contributed by atoms with Gasteiger partial charge in [0.25, 0.3) is 5.91 Å². The molecule has 2 rings (SSSR count). The third-order valence-corrected chi connectivity index (χ3v) is 3.12. The molecule has 1 amide bonds. The van der Waals surface area contributed by atoms with Crippen LogP contribution in [0.1, 0.15) is 5.56 Å². The van der Waals surface area contributed by atoms with Crippen molar-refractivity contribution < 1.29 is 9.90 Å². The van der Waals surface area contributed by atoms with Crippen LogP contribution < -0.4 is 16.4 Å². The SMILES string of the molecule is Cc1cc(O)ccc1N/C=C(/C#N)C(=O)Nc1ccc(N)cc1. The fourth-order valence-electron chi connectivity index (χ4n) is 1.87. The van der Waals surface area contributed by atoms with E-state index in [1.807, 2.05) is 6.07 Å². The van der Waals surface area contributed by atoms with Crippen molar-refractivity contribution in [3.05, 3.63) is 59.8 Å². The third-order valence-electron chi connectivity index (χ3n) is 3.12. The van der Waals surface area contributed by atoms with Crippen molar-refractivity contribution in [3.63, 3.8) is 0 Å². The van der Waals surface area contributed by atoms with Gasteiger partial charge in [0, 0.05) is 23.3 Å². The molecule has 2 aromatic carbocycles. The van der Waals surface area contributed by atoms with Crippen LogP contribution in [0.2, 0.25) is 0 Å². The monoisotopic (exact) mass is 308 g/mol. The Kier molecular flexibility index (Phi) is 4.85. The van der Waals surface area contributed by atoms with Crippen LogP contribution in [-0.4, -0.2) is 11.0 Å². The number of nitrogens with zero attached hydrogens (tertiary/aromatic N) is 1. The van der Waals surface area contributed by atoms with Gasteiger partial charge in [-0.1, -0.05) is 0 Å². The lowest BCUT2D eigenvalue weighted by Crippen LogP contribution is -2.14. The smallest absolute Gasteiger partial charge is 0.267 e. The highest BCUT2D eigenvalue weighted by Crippen LogP contribution is 2.20. The van der Waals surface area contributed by atoms with Gasteiger partial charge in [0.1, 0.15) is 17.4 Å². The fourth-order valence-corrected chi connectivity index (χ4v) is 1.87. The summed E-state index contributed by atoms with van der Waals surface area (Å²) in [6.45, 7) is 1.80. The summed E-state index contributed by atoms with van der Waals surface area (Å²) in [5, 5.41) is 24.0. The van der Waals surface area contributed by atoms with Crippen LogP contribution >= 0.6 is 0 Å². The van der Waals surface area contributed by atoms with Crippen LogP contribution in [0.4, 0.5) is 17.1 Å². The molecule has 0 atom stereocenters. The van der Waals surface area contributed by atoms with Crippen molar-refractivity contribution in [1.29, 1.82) is 5.26 Å². The summed E-state index contributed by atoms with van der Waals surface area (Å²) in [5.74, 6) is -0.375. The first kappa shape index (κ1) is 15.9. The predicted octanol–water partition coefficient (Wildman–Crippen LogP) is 2.74. The van der Waals surface area contributed by atoms with Crippen molar-refractivity contribution in [2.45, 2.75) is 6.92 Å². The Balaban J connectivity index is 2.10. The molecule has 0 unspecified atom stereocenters. The number of nitriles is 1. The maximum Gasteiger partial charge on any atom is 0.267 e. The molecule has 5 N–H and O–H groups in total. The van der Waals surface area contributed by atoms with Gasteiger partial charge in [0.2, 0.25) is 0 Å². The molecular formula is C17H16N4O2. The van der Waals surface area contributed by atoms with E-state index in [1.165, 1.54) is 12.3 Å². The topological polar surface area (TPSA) is 111 Å². The van der Waals surface area contributed by atoms with Gasteiger partial charge in [0.15, 0.2) is 0 Å². The first-order valence-electron chi connectivity index (χ1n) is 6.83. The Hall–Kier alpha value is -3.46. The van der Waals surface area contributed by atoms with E-state index < -0.39 is 5.91 Å². The normalized spacial score (nSPS) is 10.7. The Labute approximate surface area is 133 Å². The van der Waals surface area contributed by atoms with E-state index in [2.05, 4.69) is 10.6 Å². The quantitative estimate of drug-likeness (QED) is 0.300. The maximum atomic E-state index is 12.1. The average Bonchev–Trinajstić information content (AvgIpc) is 2.52. The number of carbonyl (C=O) groups is 1. The molecule has 0 saturated carbocycles. The number of hydrogen-bond donors (Lipinski definition) is 4. The number of phenolic OH excluding ortho intramolecular Hbond substituents is 1. The minimum Gasteiger partial charge on any atom is -0.508 e. The highest BCUT2D eigenvalue weighted by Gasteiger charge is 2.09. The number of hydrogen-bond acceptors (Lipinski definition) is 5. The van der Waals surface area contributed by atoms with Crippen LogP contribution in [0.5, 0.6) is 5.75 Å². The zero-order chi connectivity index (χ0) is 16.8. The fraction of sp³-hybridized carbons (Fsp3) is 0.0588. The van der Waals surface area contributed by atoms with Gasteiger partial charge in [-0.2, -0.15) is 5.26 Å². The molecule has 6 heteroatoms. The number of carbonyl (C=O) groups excluding carboxylic acids is 1. The van der Waals surface area contributed by atoms with E-state index in [4.69, 9.17) is 11.0 Å². The van der Waals surface area contributed by atoms with E-state index in [1.54, 1.807) is 43.3 Å². The molecule has 0 aromatic heterocycles. The number of phenols is 1. The van der Waals surface area contributed by atoms with Crippen molar-refractivity contribution >= 4 is 23.0 Å². The van der Waals surface area contributed by atoms with Crippen LogP contribution in [0.3, 0.4) is 0 Å². The molecular weight excluding hydrogens is 292 g/mol. The molecule has 0 spiro atoms. The van der Waals surface area contributed by atoms with Crippen molar-refractivity contribution in [3.8, 4) is 11.8 Å². The largest absolute Gasteiger partial charge is 0.508 e. The van der Waals surface area contributed by atoms with Crippen LogP contribution in [0.25, 0.3) is 0 Å². The lowest BCUT2D eigenvalue weighted by molar-refractivity contribution is -0.112. The number of nitrogens with one attached hydrogen (secondary N) is 2. The highest BCUT2D eigenvalue weighted by molar-refractivity contribution is 6.06. The lowest BCUT2D eigenvalue weighted by Gasteiger charge is -2.07. The van der Waals surface area contributed by atoms with Gasteiger partial charge in [-0.3, -0.25) is 4.79 Å². The number of benzene rings is 2. The number of aryl methyl sites for hydroxylation is 1. The molecule has 0 aliphatic carbocycles. The van der Waals surface area contributed by atoms with Crippen LogP contribution in [0.15, 0.2) is 54.2 Å². The number of nitrogens with two attached hydrogens (primary N) is 1. The summed E-state index contributed by atoms with van der Waals surface area (Å²) in [4.78, 5) is 12.1. The number of rotatable bonds is 4. The molecule has 0 radical (unpaired) electrons. The molecule has 0 fully saturated rings. The van der Waals surface area contributed by atoms with Crippen molar-refractivity contribution in [2.75, 3.05) is 16.4 Å². The minimum atomic E-state index is -0.527. The molecule has 0 aliphatic heterocycles. The van der Waals surface area contributed by atoms with Gasteiger partial charge in [0.05, 0.1) is 0 Å². The minimum absolute atomic E-state index is 0.0747. The third kappa shape index (κ3) is 4.25. The van der Waals surface area contributed by atoms with E-state index in [-0.39, 0.29) is 11.3 Å². The molecule has 0 saturated heterocycles. The summed E-state index contributed by atoms with van der Waals surface area (Å²) in [6.07, 6.45) is 1.33. The zero-order valence-electron chi connectivity index (χ0n) is 12.5. The van der Waals surface area contributed by atoms with Gasteiger partial charge in [-0.25, -0.2) is 0 Å². The Morgan fingerprint density at radius 1 is 1.26 bits per heavy atom. The second kappa shape index (κ2) is 7.00. The van der Waals surface area contributed by atoms with E-state index in [9.17, 15) is 9.90 Å². The number of anilines is 3. The highest BCUT2D eigenvalue weighted by atomic mass is 16.3. The van der Waals surface area contributed by atoms with Crippen molar-refractivity contribution in [2.24, 2.45) is 0 Å². The van der Waals surface area contributed by atoms with E-state index in [0.717, 1.165) is 5.56 Å². The van der Waals surface area contributed by atoms with E-state index >= 15 is 0 Å². The summed E-state index contributed by atoms with van der Waals surface area (Å²) in [5.41, 5.74) is 8.12. The molecule has 0 heterocycles. The second-order valence-electron chi connectivity index (χ2n) is 4.89. The lowest BCUT2D eigenvalue weighted by atomic mass is 10.2. The van der Waals surface area contributed by atoms with Gasteiger partial charge in [-0.15, -0.1) is 0 Å². The zero-order valence-corrected chi connectivity index (χ0v) is 12.5. The number of nitrogen functional groups attached to an aromatic ring is 1. The van der Waals surface area contributed by atoms with Gasteiger partial charge < -0.3 is 21.5 Å². The summed E-state index contributed by atoms with van der Waals surface area (Å²) in [7, 11) is 0. The molecule has 2 aromatic rings. The molecule has 116 valence electrons. The number of amides is 1. The Bertz CT molecular complexity index is 789. The summed E-state index contributed by atoms with van der Waals surface area (Å²) in [6, 6.07) is 13.2. The van der Waals surface area contributed by atoms with E-state index in [0.29, 0.717) is 17.1 Å². The van der Waals surface area contributed by atoms with Crippen LogP contribution in [-0.2, 0) is 4.79 Å². The first-order valence-corrected chi connectivity index (χ1v) is 6.83. The average molecular weight is 308 g/mol. The standard InChI is InChI=1S/C17H16N4O2/c1-11-8-15(22)6-7-16(11)20-10-12(9-18)17(23)21-14-4-2-13(19)3-5-14/h2-8,10,20,22H,19H2,1H3,(H,21,23)/b12-10-.